The van der Waals surface area contributed by atoms with Crippen molar-refractivity contribution in [2.75, 3.05) is 5.88 Å². The third-order valence-electron chi connectivity index (χ3n) is 2.65. The average Bonchev–Trinajstić information content (AvgIpc) is 2.41. The van der Waals surface area contributed by atoms with Crippen molar-refractivity contribution < 1.29 is 8.78 Å². The summed E-state index contributed by atoms with van der Waals surface area (Å²) in [7, 11) is 0. The number of hydrogen-bond acceptors (Lipinski definition) is 0. The summed E-state index contributed by atoms with van der Waals surface area (Å²) in [4.78, 5) is 0. The van der Waals surface area contributed by atoms with E-state index >= 15 is 0 Å². The summed E-state index contributed by atoms with van der Waals surface area (Å²) in [5.41, 5.74) is 1.34. The van der Waals surface area contributed by atoms with Crippen LogP contribution in [0, 0.1) is 11.6 Å². The van der Waals surface area contributed by atoms with Crippen molar-refractivity contribution in [1.82, 2.24) is 0 Å². The molecular formula is C15H10Cl2F2. The predicted molar refractivity (Wildman–Crippen MR) is 76.4 cm³/mol. The maximum absolute atomic E-state index is 13.7. The highest BCUT2D eigenvalue weighted by Gasteiger charge is 2.09. The number of alkyl halides is 1. The molecule has 0 radical (unpaired) electrons. The summed E-state index contributed by atoms with van der Waals surface area (Å²) in [6.45, 7) is 0. The Morgan fingerprint density at radius 3 is 2.53 bits per heavy atom. The molecule has 0 saturated heterocycles. The minimum Gasteiger partial charge on any atom is -0.207 e. The fourth-order valence-corrected chi connectivity index (χ4v) is 2.12. The molecule has 0 bridgehead atoms. The maximum atomic E-state index is 13.7. The minimum atomic E-state index is -0.514. The van der Waals surface area contributed by atoms with Crippen molar-refractivity contribution in [1.29, 1.82) is 0 Å². The Kier molecular flexibility index (Phi) is 4.56. The van der Waals surface area contributed by atoms with Gasteiger partial charge < -0.3 is 0 Å². The molecule has 2 rings (SSSR count). The molecule has 0 heterocycles. The van der Waals surface area contributed by atoms with Gasteiger partial charge in [0.15, 0.2) is 0 Å². The molecule has 0 aliphatic heterocycles. The van der Waals surface area contributed by atoms with Crippen LogP contribution in [0.15, 0.2) is 42.5 Å². The Hall–Kier alpha value is -1.38. The number of allylic oxidation sites excluding steroid dienone is 1. The van der Waals surface area contributed by atoms with Crippen LogP contribution in [0.3, 0.4) is 0 Å². The molecule has 4 heteroatoms. The van der Waals surface area contributed by atoms with E-state index in [2.05, 4.69) is 0 Å². The van der Waals surface area contributed by atoms with E-state index in [1.165, 1.54) is 0 Å². The van der Waals surface area contributed by atoms with E-state index in [4.69, 9.17) is 23.2 Å². The first-order chi connectivity index (χ1) is 9.11. The van der Waals surface area contributed by atoms with Crippen LogP contribution in [0.5, 0.6) is 0 Å². The van der Waals surface area contributed by atoms with Crippen LogP contribution < -0.4 is 0 Å². The van der Waals surface area contributed by atoms with Crippen LogP contribution in [0.2, 0.25) is 5.02 Å². The van der Waals surface area contributed by atoms with Crippen molar-refractivity contribution in [3.05, 3.63) is 70.2 Å². The van der Waals surface area contributed by atoms with Crippen molar-refractivity contribution >= 4 is 34.9 Å². The van der Waals surface area contributed by atoms with Gasteiger partial charge in [0.05, 0.1) is 0 Å². The van der Waals surface area contributed by atoms with E-state index in [1.807, 2.05) is 6.07 Å². The van der Waals surface area contributed by atoms with Gasteiger partial charge in [-0.3, -0.25) is 0 Å². The van der Waals surface area contributed by atoms with E-state index < -0.39 is 11.6 Å². The van der Waals surface area contributed by atoms with Gasteiger partial charge in [0, 0.05) is 16.5 Å². The molecule has 2 aromatic rings. The molecule has 19 heavy (non-hydrogen) atoms. The van der Waals surface area contributed by atoms with E-state index in [0.717, 1.165) is 18.2 Å². The molecule has 0 aromatic heterocycles. The van der Waals surface area contributed by atoms with Gasteiger partial charge >= 0.3 is 0 Å². The predicted octanol–water partition coefficient (Wildman–Crippen LogP) is 5.40. The number of benzene rings is 2. The first kappa shape index (κ1) is 14.0. The summed E-state index contributed by atoms with van der Waals surface area (Å²) in [5.74, 6) is -0.960. The highest BCUT2D eigenvalue weighted by Crippen LogP contribution is 2.26. The van der Waals surface area contributed by atoms with Crippen LogP contribution in [0.25, 0.3) is 11.6 Å². The second-order valence-electron chi connectivity index (χ2n) is 3.95. The molecule has 0 nitrogen and oxygen atoms in total. The smallest absolute Gasteiger partial charge is 0.130 e. The van der Waals surface area contributed by atoms with Crippen molar-refractivity contribution in [3.8, 4) is 0 Å². The first-order valence-corrected chi connectivity index (χ1v) is 6.49. The van der Waals surface area contributed by atoms with Gasteiger partial charge in [0.1, 0.15) is 11.6 Å². The van der Waals surface area contributed by atoms with Gasteiger partial charge in [-0.25, -0.2) is 8.78 Å². The Bertz CT molecular complexity index is 621. The quantitative estimate of drug-likeness (QED) is 0.526. The van der Waals surface area contributed by atoms with E-state index in [-0.39, 0.29) is 11.4 Å². The SMILES string of the molecule is Fc1ccc(F)c(/C(=C/c2ccccc2Cl)CCl)c1. The van der Waals surface area contributed by atoms with Gasteiger partial charge in [0.2, 0.25) is 0 Å². The van der Waals surface area contributed by atoms with Crippen LogP contribution >= 0.6 is 23.2 Å². The summed E-state index contributed by atoms with van der Waals surface area (Å²) in [6.07, 6.45) is 1.66. The maximum Gasteiger partial charge on any atom is 0.130 e. The molecule has 0 fully saturated rings. The minimum absolute atomic E-state index is 0.0611. The normalized spacial score (nSPS) is 11.7. The molecule has 0 N–H and O–H groups in total. The first-order valence-electron chi connectivity index (χ1n) is 5.58. The molecule has 0 unspecified atom stereocenters. The fraction of sp³-hybridized carbons (Fsp3) is 0.0667. The lowest BCUT2D eigenvalue weighted by Gasteiger charge is -2.07. The van der Waals surface area contributed by atoms with Crippen molar-refractivity contribution in [2.45, 2.75) is 0 Å². The van der Waals surface area contributed by atoms with Gasteiger partial charge in [-0.15, -0.1) is 11.6 Å². The van der Waals surface area contributed by atoms with Crippen LogP contribution in [0.1, 0.15) is 11.1 Å². The molecule has 0 saturated carbocycles. The second-order valence-corrected chi connectivity index (χ2v) is 4.62. The van der Waals surface area contributed by atoms with Gasteiger partial charge in [-0.1, -0.05) is 29.8 Å². The summed E-state index contributed by atoms with van der Waals surface area (Å²) < 4.78 is 26.9. The third-order valence-corrected chi connectivity index (χ3v) is 3.29. The molecular weight excluding hydrogens is 289 g/mol. The second kappa shape index (κ2) is 6.18. The van der Waals surface area contributed by atoms with Crippen molar-refractivity contribution in [3.63, 3.8) is 0 Å². The Balaban J connectivity index is 2.51. The average molecular weight is 299 g/mol. The standard InChI is InChI=1S/C15H10Cl2F2/c16-9-11(7-10-3-1-2-4-14(10)17)13-8-12(18)5-6-15(13)19/h1-8H,9H2/b11-7+. The zero-order valence-electron chi connectivity index (χ0n) is 9.84. The van der Waals surface area contributed by atoms with Gasteiger partial charge in [-0.05, 0) is 41.5 Å². The van der Waals surface area contributed by atoms with Crippen molar-refractivity contribution in [2.24, 2.45) is 0 Å². The largest absolute Gasteiger partial charge is 0.207 e. The molecule has 2 aromatic carbocycles. The van der Waals surface area contributed by atoms with Gasteiger partial charge in [0.25, 0.3) is 0 Å². The highest BCUT2D eigenvalue weighted by atomic mass is 35.5. The third kappa shape index (κ3) is 3.34. The zero-order chi connectivity index (χ0) is 13.8. The molecule has 0 amide bonds. The van der Waals surface area contributed by atoms with E-state index in [9.17, 15) is 8.78 Å². The molecule has 0 spiro atoms. The van der Waals surface area contributed by atoms with E-state index in [0.29, 0.717) is 16.2 Å². The van der Waals surface area contributed by atoms with Crippen LogP contribution in [-0.4, -0.2) is 5.88 Å². The topological polar surface area (TPSA) is 0 Å². The number of halogens is 4. The summed E-state index contributed by atoms with van der Waals surface area (Å²) in [5, 5.41) is 0.530. The lowest BCUT2D eigenvalue weighted by atomic mass is 10.0. The lowest BCUT2D eigenvalue weighted by molar-refractivity contribution is 0.597. The Morgan fingerprint density at radius 2 is 1.84 bits per heavy atom. The van der Waals surface area contributed by atoms with Crippen LogP contribution in [-0.2, 0) is 0 Å². The number of rotatable bonds is 3. The van der Waals surface area contributed by atoms with E-state index in [1.54, 1.807) is 24.3 Å². The summed E-state index contributed by atoms with van der Waals surface area (Å²) in [6, 6.07) is 10.4. The Morgan fingerprint density at radius 1 is 1.11 bits per heavy atom. The fourth-order valence-electron chi connectivity index (χ4n) is 1.71. The Labute approximate surface area is 120 Å². The molecule has 0 aliphatic rings. The zero-order valence-corrected chi connectivity index (χ0v) is 11.3. The molecule has 0 atom stereocenters. The summed E-state index contributed by atoms with van der Waals surface area (Å²) >= 11 is 11.9. The lowest BCUT2D eigenvalue weighted by Crippen LogP contribution is -1.93. The number of hydrogen-bond donors (Lipinski definition) is 0. The monoisotopic (exact) mass is 298 g/mol. The molecule has 98 valence electrons. The molecule has 0 aliphatic carbocycles. The van der Waals surface area contributed by atoms with Crippen LogP contribution in [0.4, 0.5) is 8.78 Å². The highest BCUT2D eigenvalue weighted by molar-refractivity contribution is 6.32. The van der Waals surface area contributed by atoms with Gasteiger partial charge in [-0.2, -0.15) is 0 Å².